The second-order valence-electron chi connectivity index (χ2n) is 4.69. The maximum atomic E-state index is 14.0. The SMILES string of the molecule is Cc1cc(F)cc2c1C(NS(=O)(=O)NC(=O)O)C(F)(F)C2. The number of carbonyl (C=O) groups is 1. The Morgan fingerprint density at radius 2 is 2.05 bits per heavy atom. The van der Waals surface area contributed by atoms with E-state index in [0.29, 0.717) is 0 Å². The Bertz CT molecular complexity index is 706. The lowest BCUT2D eigenvalue weighted by atomic mass is 10.0. The van der Waals surface area contributed by atoms with Gasteiger partial charge >= 0.3 is 16.3 Å². The van der Waals surface area contributed by atoms with Gasteiger partial charge in [0.1, 0.15) is 11.9 Å². The van der Waals surface area contributed by atoms with Crippen LogP contribution >= 0.6 is 0 Å². The summed E-state index contributed by atoms with van der Waals surface area (Å²) in [6.07, 6.45) is -2.74. The number of aryl methyl sites for hydroxylation is 1. The van der Waals surface area contributed by atoms with Gasteiger partial charge in [-0.2, -0.15) is 13.1 Å². The lowest BCUT2D eigenvalue weighted by Gasteiger charge is -2.21. The lowest BCUT2D eigenvalue weighted by molar-refractivity contribution is -0.0189. The Morgan fingerprint density at radius 1 is 1.43 bits per heavy atom. The topological polar surface area (TPSA) is 95.5 Å². The van der Waals surface area contributed by atoms with Crippen molar-refractivity contribution >= 4 is 16.3 Å². The Morgan fingerprint density at radius 3 is 2.62 bits per heavy atom. The fraction of sp³-hybridized carbons (Fsp3) is 0.364. The molecule has 0 heterocycles. The average molecular weight is 324 g/mol. The van der Waals surface area contributed by atoms with Crippen LogP contribution < -0.4 is 9.44 Å². The summed E-state index contributed by atoms with van der Waals surface area (Å²) in [5.41, 5.74) is 0.0999. The van der Waals surface area contributed by atoms with Crippen LogP contribution in [0.1, 0.15) is 22.7 Å². The van der Waals surface area contributed by atoms with Gasteiger partial charge in [-0.15, -0.1) is 0 Å². The lowest BCUT2D eigenvalue weighted by Crippen LogP contribution is -2.45. The highest BCUT2D eigenvalue weighted by Gasteiger charge is 2.50. The standard InChI is InChI=1S/C11H11F3N2O4S/c1-5-2-7(12)3-6-4-11(13,14)9(8(5)6)15-21(19,20)16-10(17)18/h2-3,9,15-16H,4H2,1H3,(H,17,18). The van der Waals surface area contributed by atoms with Crippen molar-refractivity contribution in [1.29, 1.82) is 0 Å². The predicted octanol–water partition coefficient (Wildman–Crippen LogP) is 1.47. The largest absolute Gasteiger partial charge is 0.464 e. The molecule has 1 aromatic rings. The molecule has 1 atom stereocenters. The minimum atomic E-state index is -4.68. The zero-order chi connectivity index (χ0) is 16.0. The molecule has 1 aliphatic carbocycles. The van der Waals surface area contributed by atoms with Gasteiger partial charge in [-0.25, -0.2) is 22.7 Å². The molecule has 21 heavy (non-hydrogen) atoms. The van der Waals surface area contributed by atoms with E-state index < -0.39 is 40.5 Å². The molecule has 116 valence electrons. The molecule has 0 spiro atoms. The number of hydrogen-bond donors (Lipinski definition) is 3. The van der Waals surface area contributed by atoms with E-state index in [1.54, 1.807) is 4.72 Å². The third-order valence-electron chi connectivity index (χ3n) is 3.07. The molecule has 0 saturated heterocycles. The van der Waals surface area contributed by atoms with Crippen molar-refractivity contribution < 1.29 is 31.5 Å². The van der Waals surface area contributed by atoms with Crippen molar-refractivity contribution in [3.63, 3.8) is 0 Å². The maximum Gasteiger partial charge on any atom is 0.419 e. The van der Waals surface area contributed by atoms with E-state index in [9.17, 15) is 26.4 Å². The van der Waals surface area contributed by atoms with Crippen LogP contribution in [0.3, 0.4) is 0 Å². The molecule has 0 aromatic heterocycles. The zero-order valence-electron chi connectivity index (χ0n) is 10.7. The number of nitrogens with one attached hydrogen (secondary N) is 2. The first-order valence-electron chi connectivity index (χ1n) is 5.71. The fourth-order valence-electron chi connectivity index (χ4n) is 2.39. The maximum absolute atomic E-state index is 14.0. The number of carboxylic acid groups (broad SMARTS) is 1. The summed E-state index contributed by atoms with van der Waals surface area (Å²) in [7, 11) is -4.68. The van der Waals surface area contributed by atoms with Crippen LogP contribution in [0.5, 0.6) is 0 Å². The molecular weight excluding hydrogens is 313 g/mol. The van der Waals surface area contributed by atoms with E-state index in [1.165, 1.54) is 6.92 Å². The normalized spacial score (nSPS) is 20.1. The van der Waals surface area contributed by atoms with Crippen LogP contribution in [0.4, 0.5) is 18.0 Å². The minimum absolute atomic E-state index is 0.0134. The van der Waals surface area contributed by atoms with E-state index in [0.717, 1.165) is 16.9 Å². The number of amides is 1. The smallest absolute Gasteiger partial charge is 0.419 e. The molecule has 6 nitrogen and oxygen atoms in total. The van der Waals surface area contributed by atoms with Gasteiger partial charge in [-0.05, 0) is 35.7 Å². The van der Waals surface area contributed by atoms with Gasteiger partial charge < -0.3 is 5.11 Å². The molecule has 0 bridgehead atoms. The number of halogens is 3. The second-order valence-corrected chi connectivity index (χ2v) is 6.14. The van der Waals surface area contributed by atoms with Crippen LogP contribution in [0.15, 0.2) is 12.1 Å². The number of alkyl halides is 2. The molecule has 1 aromatic carbocycles. The average Bonchev–Trinajstić information content (AvgIpc) is 2.46. The van der Waals surface area contributed by atoms with Crippen molar-refractivity contribution in [3.8, 4) is 0 Å². The first-order chi connectivity index (χ1) is 9.52. The molecule has 1 amide bonds. The summed E-state index contributed by atoms with van der Waals surface area (Å²) < 4.78 is 66.8. The molecule has 1 aliphatic rings. The molecule has 0 saturated carbocycles. The van der Waals surface area contributed by atoms with Crippen LogP contribution in [0.2, 0.25) is 0 Å². The number of benzene rings is 1. The third-order valence-corrected chi connectivity index (χ3v) is 4.06. The molecule has 3 N–H and O–H groups in total. The summed E-state index contributed by atoms with van der Waals surface area (Å²) in [4.78, 5) is 10.3. The number of hydrogen-bond acceptors (Lipinski definition) is 3. The highest BCUT2D eigenvalue weighted by atomic mass is 32.2. The molecule has 10 heteroatoms. The van der Waals surface area contributed by atoms with Crippen LogP contribution in [0, 0.1) is 12.7 Å². The molecule has 1 unspecified atom stereocenters. The van der Waals surface area contributed by atoms with Crippen molar-refractivity contribution in [1.82, 2.24) is 9.44 Å². The summed E-state index contributed by atoms with van der Waals surface area (Å²) in [5.74, 6) is -4.19. The molecule has 0 aliphatic heterocycles. The Hall–Kier alpha value is -1.81. The van der Waals surface area contributed by atoms with Crippen molar-refractivity contribution in [3.05, 3.63) is 34.6 Å². The van der Waals surface area contributed by atoms with Crippen molar-refractivity contribution in [2.45, 2.75) is 25.3 Å². The molecule has 0 fully saturated rings. The first kappa shape index (κ1) is 15.6. The highest BCUT2D eigenvalue weighted by molar-refractivity contribution is 7.88. The van der Waals surface area contributed by atoms with Crippen molar-refractivity contribution in [2.24, 2.45) is 0 Å². The predicted molar refractivity (Wildman–Crippen MR) is 65.7 cm³/mol. The van der Waals surface area contributed by atoms with Crippen LogP contribution in [-0.4, -0.2) is 25.5 Å². The Kier molecular flexibility index (Phi) is 3.62. The van der Waals surface area contributed by atoms with Crippen LogP contribution in [0.25, 0.3) is 0 Å². The Balaban J connectivity index is 2.43. The molecule has 0 radical (unpaired) electrons. The van der Waals surface area contributed by atoms with E-state index in [1.807, 2.05) is 0 Å². The Labute approximate surface area is 118 Å². The van der Waals surface area contributed by atoms with Crippen LogP contribution in [-0.2, 0) is 16.6 Å². The van der Waals surface area contributed by atoms with Gasteiger partial charge in [0, 0.05) is 6.42 Å². The number of fused-ring (bicyclic) bond motifs is 1. The molecular formula is C11H11F3N2O4S. The summed E-state index contributed by atoms with van der Waals surface area (Å²) >= 11 is 0. The summed E-state index contributed by atoms with van der Waals surface area (Å²) in [6.45, 7) is 1.37. The van der Waals surface area contributed by atoms with Gasteiger partial charge in [0.05, 0.1) is 0 Å². The third kappa shape index (κ3) is 3.10. The van der Waals surface area contributed by atoms with Crippen molar-refractivity contribution in [2.75, 3.05) is 0 Å². The van der Waals surface area contributed by atoms with E-state index >= 15 is 0 Å². The minimum Gasteiger partial charge on any atom is -0.464 e. The number of rotatable bonds is 3. The monoisotopic (exact) mass is 324 g/mol. The quantitative estimate of drug-likeness (QED) is 0.784. The summed E-state index contributed by atoms with van der Waals surface area (Å²) in [6, 6.07) is -0.0358. The second kappa shape index (κ2) is 4.88. The first-order valence-corrected chi connectivity index (χ1v) is 7.20. The van der Waals surface area contributed by atoms with E-state index in [4.69, 9.17) is 5.11 Å². The van der Waals surface area contributed by atoms with Gasteiger partial charge in [0.25, 0.3) is 5.92 Å². The molecule has 2 rings (SSSR count). The van der Waals surface area contributed by atoms with E-state index in [2.05, 4.69) is 0 Å². The van der Waals surface area contributed by atoms with Gasteiger partial charge in [0.2, 0.25) is 0 Å². The van der Waals surface area contributed by atoms with Gasteiger partial charge in [0.15, 0.2) is 0 Å². The fourth-order valence-corrected chi connectivity index (χ4v) is 3.28. The van der Waals surface area contributed by atoms with E-state index in [-0.39, 0.29) is 16.7 Å². The highest BCUT2D eigenvalue weighted by Crippen LogP contribution is 2.45. The van der Waals surface area contributed by atoms with Gasteiger partial charge in [-0.1, -0.05) is 0 Å². The van der Waals surface area contributed by atoms with Gasteiger partial charge in [-0.3, -0.25) is 0 Å². The zero-order valence-corrected chi connectivity index (χ0v) is 11.5. The summed E-state index contributed by atoms with van der Waals surface area (Å²) in [5, 5.41) is 8.37.